The maximum absolute atomic E-state index is 12.0. The molecular formula is C15H15NOS3. The normalized spacial score (nSPS) is 15.9. The predicted octanol–water partition coefficient (Wildman–Crippen LogP) is 4.07. The van der Waals surface area contributed by atoms with Crippen molar-refractivity contribution >= 4 is 46.4 Å². The summed E-state index contributed by atoms with van der Waals surface area (Å²) in [6.45, 7) is 1.75. The third-order valence-electron chi connectivity index (χ3n) is 3.10. The van der Waals surface area contributed by atoms with E-state index in [1.165, 1.54) is 9.75 Å². The van der Waals surface area contributed by atoms with Gasteiger partial charge in [0.2, 0.25) is 5.91 Å². The van der Waals surface area contributed by atoms with E-state index in [2.05, 4.69) is 29.6 Å². The summed E-state index contributed by atoms with van der Waals surface area (Å²) in [5.74, 6) is 2.25. The lowest BCUT2D eigenvalue weighted by Crippen LogP contribution is -2.36. The van der Waals surface area contributed by atoms with Crippen LogP contribution in [-0.2, 0) is 4.79 Å². The molecule has 20 heavy (non-hydrogen) atoms. The average Bonchev–Trinajstić information content (AvgIpc) is 3.16. The largest absolute Gasteiger partial charge is 0.338 e. The van der Waals surface area contributed by atoms with E-state index >= 15 is 0 Å². The molecule has 1 aliphatic heterocycles. The van der Waals surface area contributed by atoms with Crippen LogP contribution in [0.25, 0.3) is 15.8 Å². The van der Waals surface area contributed by atoms with Crippen molar-refractivity contribution in [3.63, 3.8) is 0 Å². The van der Waals surface area contributed by atoms with Crippen molar-refractivity contribution in [1.29, 1.82) is 0 Å². The molecule has 1 amide bonds. The Hall–Kier alpha value is -1.04. The van der Waals surface area contributed by atoms with E-state index in [-0.39, 0.29) is 5.91 Å². The van der Waals surface area contributed by atoms with Crippen molar-refractivity contribution in [3.05, 3.63) is 40.6 Å². The van der Waals surface area contributed by atoms with E-state index in [4.69, 9.17) is 0 Å². The number of hydrogen-bond acceptors (Lipinski definition) is 4. The van der Waals surface area contributed by atoms with Gasteiger partial charge in [0.25, 0.3) is 0 Å². The zero-order chi connectivity index (χ0) is 13.8. The lowest BCUT2D eigenvalue weighted by atomic mass is 10.3. The van der Waals surface area contributed by atoms with Gasteiger partial charge < -0.3 is 4.90 Å². The molecule has 0 atom stereocenters. The van der Waals surface area contributed by atoms with Crippen LogP contribution >= 0.6 is 34.4 Å². The van der Waals surface area contributed by atoms with Crippen LogP contribution in [0, 0.1) is 0 Å². The highest BCUT2D eigenvalue weighted by Gasteiger charge is 2.14. The first-order valence-electron chi connectivity index (χ1n) is 6.51. The van der Waals surface area contributed by atoms with Crippen LogP contribution in [0.4, 0.5) is 0 Å². The van der Waals surface area contributed by atoms with Gasteiger partial charge in [0.15, 0.2) is 0 Å². The Morgan fingerprint density at radius 2 is 2.00 bits per heavy atom. The molecule has 104 valence electrons. The molecule has 0 radical (unpaired) electrons. The van der Waals surface area contributed by atoms with Gasteiger partial charge in [-0.25, -0.2) is 0 Å². The zero-order valence-corrected chi connectivity index (χ0v) is 13.4. The Balaban J connectivity index is 1.65. The van der Waals surface area contributed by atoms with Gasteiger partial charge in [-0.15, -0.1) is 22.7 Å². The van der Waals surface area contributed by atoms with E-state index in [9.17, 15) is 4.79 Å². The summed E-state index contributed by atoms with van der Waals surface area (Å²) in [5.41, 5.74) is 0. The first kappa shape index (κ1) is 13.9. The minimum absolute atomic E-state index is 0.136. The van der Waals surface area contributed by atoms with Crippen LogP contribution < -0.4 is 0 Å². The van der Waals surface area contributed by atoms with Gasteiger partial charge >= 0.3 is 0 Å². The van der Waals surface area contributed by atoms with Crippen molar-refractivity contribution in [3.8, 4) is 9.75 Å². The van der Waals surface area contributed by atoms with Gasteiger partial charge in [0, 0.05) is 45.3 Å². The molecule has 2 nitrogen and oxygen atoms in total. The summed E-state index contributed by atoms with van der Waals surface area (Å²) in [5, 5.41) is 2.09. The van der Waals surface area contributed by atoms with Crippen molar-refractivity contribution in [2.45, 2.75) is 0 Å². The molecule has 1 aliphatic rings. The van der Waals surface area contributed by atoms with E-state index in [0.717, 1.165) is 29.5 Å². The summed E-state index contributed by atoms with van der Waals surface area (Å²) >= 11 is 5.39. The quantitative estimate of drug-likeness (QED) is 0.794. The summed E-state index contributed by atoms with van der Waals surface area (Å²) < 4.78 is 0. The number of carbonyl (C=O) groups excluding carboxylic acids is 1. The number of nitrogens with zero attached hydrogens (tertiary/aromatic N) is 1. The molecule has 1 saturated heterocycles. The lowest BCUT2D eigenvalue weighted by molar-refractivity contribution is -0.125. The fourth-order valence-corrected chi connectivity index (χ4v) is 4.68. The van der Waals surface area contributed by atoms with Gasteiger partial charge in [-0.2, -0.15) is 11.8 Å². The first-order valence-corrected chi connectivity index (χ1v) is 9.36. The average molecular weight is 321 g/mol. The third-order valence-corrected chi connectivity index (χ3v) is 6.16. The molecule has 0 saturated carbocycles. The van der Waals surface area contributed by atoms with Gasteiger partial charge in [-0.3, -0.25) is 4.79 Å². The van der Waals surface area contributed by atoms with Crippen molar-refractivity contribution in [1.82, 2.24) is 4.90 Å². The molecule has 3 rings (SSSR count). The Morgan fingerprint density at radius 3 is 2.75 bits per heavy atom. The second kappa shape index (κ2) is 6.61. The minimum atomic E-state index is 0.136. The highest BCUT2D eigenvalue weighted by molar-refractivity contribution is 7.99. The standard InChI is InChI=1S/C15H15NOS3/c17-15(16-7-10-18-11-8-16)6-4-12-3-5-14(20-12)13-2-1-9-19-13/h1-6,9H,7-8,10-11H2/b6-4+. The highest BCUT2D eigenvalue weighted by Crippen LogP contribution is 2.31. The van der Waals surface area contributed by atoms with Crippen LogP contribution in [-0.4, -0.2) is 35.4 Å². The monoisotopic (exact) mass is 321 g/mol. The molecule has 1 fully saturated rings. The number of hydrogen-bond donors (Lipinski definition) is 0. The maximum atomic E-state index is 12.0. The molecule has 3 heterocycles. The van der Waals surface area contributed by atoms with Crippen molar-refractivity contribution in [2.75, 3.05) is 24.6 Å². The number of thioether (sulfide) groups is 1. The summed E-state index contributed by atoms with van der Waals surface area (Å²) in [6, 6.07) is 8.39. The Kier molecular flexibility index (Phi) is 4.60. The highest BCUT2D eigenvalue weighted by atomic mass is 32.2. The molecule has 2 aromatic heterocycles. The topological polar surface area (TPSA) is 20.3 Å². The van der Waals surface area contributed by atoms with Gasteiger partial charge in [-0.1, -0.05) is 6.07 Å². The van der Waals surface area contributed by atoms with E-state index in [1.807, 2.05) is 22.7 Å². The third kappa shape index (κ3) is 3.34. The molecule has 5 heteroatoms. The molecule has 0 aliphatic carbocycles. The predicted molar refractivity (Wildman–Crippen MR) is 90.6 cm³/mol. The Labute approximate surface area is 131 Å². The fraction of sp³-hybridized carbons (Fsp3) is 0.267. The lowest BCUT2D eigenvalue weighted by Gasteiger charge is -2.24. The van der Waals surface area contributed by atoms with Gasteiger partial charge in [0.05, 0.1) is 0 Å². The van der Waals surface area contributed by atoms with Crippen molar-refractivity contribution < 1.29 is 4.79 Å². The molecule has 2 aromatic rings. The second-order valence-corrected chi connectivity index (χ2v) is 7.74. The molecule has 0 spiro atoms. The molecule has 0 aromatic carbocycles. The molecular weight excluding hydrogens is 306 g/mol. The first-order chi connectivity index (χ1) is 9.83. The van der Waals surface area contributed by atoms with Crippen LogP contribution in [0.1, 0.15) is 4.88 Å². The summed E-state index contributed by atoms with van der Waals surface area (Å²) in [4.78, 5) is 17.7. The Morgan fingerprint density at radius 1 is 1.15 bits per heavy atom. The number of amides is 1. The number of rotatable bonds is 3. The van der Waals surface area contributed by atoms with E-state index in [1.54, 1.807) is 28.7 Å². The van der Waals surface area contributed by atoms with Crippen molar-refractivity contribution in [2.24, 2.45) is 0 Å². The maximum Gasteiger partial charge on any atom is 0.246 e. The SMILES string of the molecule is O=C(/C=C/c1ccc(-c2cccs2)s1)N1CCSCC1. The molecule has 0 N–H and O–H groups in total. The molecule has 0 bridgehead atoms. The van der Waals surface area contributed by atoms with Crippen LogP contribution in [0.5, 0.6) is 0 Å². The second-order valence-electron chi connectivity index (χ2n) is 4.45. The van der Waals surface area contributed by atoms with Crippen LogP contribution in [0.2, 0.25) is 0 Å². The Bertz CT molecular complexity index is 594. The van der Waals surface area contributed by atoms with Crippen LogP contribution in [0.15, 0.2) is 35.7 Å². The van der Waals surface area contributed by atoms with Crippen LogP contribution in [0.3, 0.4) is 0 Å². The minimum Gasteiger partial charge on any atom is -0.338 e. The van der Waals surface area contributed by atoms with E-state index < -0.39 is 0 Å². The molecule has 0 unspecified atom stereocenters. The van der Waals surface area contributed by atoms with E-state index in [0.29, 0.717) is 0 Å². The van der Waals surface area contributed by atoms with Gasteiger partial charge in [0.1, 0.15) is 0 Å². The zero-order valence-electron chi connectivity index (χ0n) is 11.0. The van der Waals surface area contributed by atoms with Gasteiger partial charge in [-0.05, 0) is 29.7 Å². The fourth-order valence-electron chi connectivity index (χ4n) is 2.04. The number of carbonyl (C=O) groups is 1. The smallest absolute Gasteiger partial charge is 0.246 e. The summed E-state index contributed by atoms with van der Waals surface area (Å²) in [7, 11) is 0. The number of thiophene rings is 2. The summed E-state index contributed by atoms with van der Waals surface area (Å²) in [6.07, 6.45) is 3.64.